The van der Waals surface area contributed by atoms with E-state index in [-0.39, 0.29) is 0 Å². The predicted octanol–water partition coefficient (Wildman–Crippen LogP) is 1.42. The van der Waals surface area contributed by atoms with E-state index in [1.165, 1.54) is 0 Å². The van der Waals surface area contributed by atoms with Crippen molar-refractivity contribution in [3.8, 4) is 0 Å². The molecule has 0 radical (unpaired) electrons. The van der Waals surface area contributed by atoms with Gasteiger partial charge in [0.1, 0.15) is 0 Å². The second-order valence-electron chi connectivity index (χ2n) is 4.49. The molecule has 0 aliphatic heterocycles. The van der Waals surface area contributed by atoms with Gasteiger partial charge in [-0.25, -0.2) is 0 Å². The summed E-state index contributed by atoms with van der Waals surface area (Å²) >= 11 is 1.61. The van der Waals surface area contributed by atoms with Crippen LogP contribution in [0.25, 0.3) is 0 Å². The number of hydrogen-bond donors (Lipinski definition) is 3. The summed E-state index contributed by atoms with van der Waals surface area (Å²) in [5.41, 5.74) is 0.167. The van der Waals surface area contributed by atoms with E-state index in [0.717, 1.165) is 5.56 Å². The van der Waals surface area contributed by atoms with Crippen molar-refractivity contribution in [2.45, 2.75) is 18.6 Å². The van der Waals surface area contributed by atoms with Gasteiger partial charge in [0.15, 0.2) is 0 Å². The molecular formula is C13H21NO2S. The van der Waals surface area contributed by atoms with Crippen LogP contribution in [0.1, 0.15) is 18.6 Å². The van der Waals surface area contributed by atoms with Crippen LogP contribution in [0.2, 0.25) is 0 Å². The van der Waals surface area contributed by atoms with E-state index in [1.54, 1.807) is 18.7 Å². The number of aliphatic hydroxyl groups excluding tert-OH is 1. The number of thioether (sulfide) groups is 1. The summed E-state index contributed by atoms with van der Waals surface area (Å²) in [6, 6.07) is 9.52. The minimum Gasteiger partial charge on any atom is -0.388 e. The fourth-order valence-corrected chi connectivity index (χ4v) is 2.36. The first kappa shape index (κ1) is 14.5. The Bertz CT molecular complexity index is 316. The molecule has 1 aromatic rings. The van der Waals surface area contributed by atoms with Crippen LogP contribution in [0.3, 0.4) is 0 Å². The van der Waals surface area contributed by atoms with Gasteiger partial charge >= 0.3 is 0 Å². The van der Waals surface area contributed by atoms with Crippen molar-refractivity contribution in [3.63, 3.8) is 0 Å². The number of nitrogens with one attached hydrogen (secondary N) is 1. The fourth-order valence-electron chi connectivity index (χ4n) is 1.63. The molecule has 2 atom stereocenters. The Morgan fingerprint density at radius 1 is 1.35 bits per heavy atom. The summed E-state index contributed by atoms with van der Waals surface area (Å²) in [6.07, 6.45) is 1.44. The van der Waals surface area contributed by atoms with Crippen LogP contribution in [-0.4, -0.2) is 40.9 Å². The van der Waals surface area contributed by atoms with Gasteiger partial charge in [0.05, 0.1) is 11.7 Å². The summed E-state index contributed by atoms with van der Waals surface area (Å²) in [6.45, 7) is 2.73. The summed E-state index contributed by atoms with van der Waals surface area (Å²) in [5, 5.41) is 22.9. The molecule has 0 spiro atoms. The van der Waals surface area contributed by atoms with E-state index in [9.17, 15) is 10.2 Å². The Balaban J connectivity index is 2.32. The normalized spacial score (nSPS) is 16.5. The molecule has 17 heavy (non-hydrogen) atoms. The molecule has 0 aliphatic rings. The van der Waals surface area contributed by atoms with Crippen molar-refractivity contribution in [1.29, 1.82) is 0 Å². The lowest BCUT2D eigenvalue weighted by Gasteiger charge is -2.23. The van der Waals surface area contributed by atoms with Crippen LogP contribution in [0, 0.1) is 0 Å². The van der Waals surface area contributed by atoms with E-state index >= 15 is 0 Å². The van der Waals surface area contributed by atoms with Crippen molar-refractivity contribution >= 4 is 11.8 Å². The Morgan fingerprint density at radius 3 is 2.59 bits per heavy atom. The molecule has 0 amide bonds. The fraction of sp³-hybridized carbons (Fsp3) is 0.538. The summed E-state index contributed by atoms with van der Waals surface area (Å²) in [7, 11) is 0. The first-order valence-corrected chi connectivity index (χ1v) is 7.09. The molecule has 0 bridgehead atoms. The molecule has 0 aromatic heterocycles. The maximum Gasteiger partial charge on any atom is 0.0914 e. The summed E-state index contributed by atoms with van der Waals surface area (Å²) in [4.78, 5) is 0. The Hall–Kier alpha value is -0.550. The van der Waals surface area contributed by atoms with Crippen molar-refractivity contribution in [1.82, 2.24) is 5.32 Å². The number of hydrogen-bond acceptors (Lipinski definition) is 4. The SMILES string of the molecule is CSCC(C)(O)CNCC(O)c1ccccc1. The summed E-state index contributed by atoms with van der Waals surface area (Å²) < 4.78 is 0. The van der Waals surface area contributed by atoms with Gasteiger partial charge in [-0.1, -0.05) is 30.3 Å². The first-order chi connectivity index (χ1) is 8.05. The first-order valence-electron chi connectivity index (χ1n) is 5.70. The summed E-state index contributed by atoms with van der Waals surface area (Å²) in [5.74, 6) is 0.682. The van der Waals surface area contributed by atoms with Gasteiger partial charge in [0, 0.05) is 18.8 Å². The molecule has 0 aliphatic carbocycles. The predicted molar refractivity (Wildman–Crippen MR) is 73.3 cm³/mol. The van der Waals surface area contributed by atoms with E-state index in [2.05, 4.69) is 5.32 Å². The largest absolute Gasteiger partial charge is 0.388 e. The van der Waals surface area contributed by atoms with E-state index in [0.29, 0.717) is 18.8 Å². The monoisotopic (exact) mass is 255 g/mol. The van der Waals surface area contributed by atoms with Gasteiger partial charge in [-0.05, 0) is 18.7 Å². The molecule has 3 N–H and O–H groups in total. The molecule has 4 heteroatoms. The molecule has 0 heterocycles. The molecule has 1 rings (SSSR count). The Morgan fingerprint density at radius 2 is 2.00 bits per heavy atom. The van der Waals surface area contributed by atoms with Gasteiger partial charge in [-0.2, -0.15) is 11.8 Å². The Labute approximate surface area is 107 Å². The highest BCUT2D eigenvalue weighted by molar-refractivity contribution is 7.98. The highest BCUT2D eigenvalue weighted by Gasteiger charge is 2.19. The topological polar surface area (TPSA) is 52.5 Å². The minimum absolute atomic E-state index is 0.453. The molecule has 0 saturated heterocycles. The van der Waals surface area contributed by atoms with Crippen molar-refractivity contribution in [2.24, 2.45) is 0 Å². The highest BCUT2D eigenvalue weighted by atomic mass is 32.2. The zero-order valence-corrected chi connectivity index (χ0v) is 11.2. The average Bonchev–Trinajstić information content (AvgIpc) is 2.29. The zero-order chi connectivity index (χ0) is 12.7. The minimum atomic E-state index is -0.726. The van der Waals surface area contributed by atoms with Crippen LogP contribution in [0.4, 0.5) is 0 Å². The number of aliphatic hydroxyl groups is 2. The van der Waals surface area contributed by atoms with Gasteiger partial charge in [-0.3, -0.25) is 0 Å². The molecule has 0 fully saturated rings. The van der Waals surface area contributed by atoms with E-state index < -0.39 is 11.7 Å². The second-order valence-corrected chi connectivity index (χ2v) is 5.35. The smallest absolute Gasteiger partial charge is 0.0914 e. The maximum atomic E-state index is 9.93. The Kier molecular flexibility index (Phi) is 5.98. The molecule has 0 saturated carbocycles. The quantitative estimate of drug-likeness (QED) is 0.690. The van der Waals surface area contributed by atoms with Crippen molar-refractivity contribution in [2.75, 3.05) is 25.1 Å². The van der Waals surface area contributed by atoms with Crippen LogP contribution < -0.4 is 5.32 Å². The highest BCUT2D eigenvalue weighted by Crippen LogP contribution is 2.12. The maximum absolute atomic E-state index is 9.93. The molecule has 2 unspecified atom stereocenters. The lowest BCUT2D eigenvalue weighted by molar-refractivity contribution is 0.0786. The molecule has 3 nitrogen and oxygen atoms in total. The van der Waals surface area contributed by atoms with Crippen LogP contribution in [0.15, 0.2) is 30.3 Å². The van der Waals surface area contributed by atoms with Crippen molar-refractivity contribution < 1.29 is 10.2 Å². The van der Waals surface area contributed by atoms with E-state index in [1.807, 2.05) is 36.6 Å². The van der Waals surface area contributed by atoms with E-state index in [4.69, 9.17) is 0 Å². The lowest BCUT2D eigenvalue weighted by atomic mass is 10.1. The molecule has 1 aromatic carbocycles. The second kappa shape index (κ2) is 7.01. The zero-order valence-electron chi connectivity index (χ0n) is 10.4. The van der Waals surface area contributed by atoms with Crippen LogP contribution >= 0.6 is 11.8 Å². The third kappa shape index (κ3) is 5.55. The standard InChI is InChI=1S/C13H21NO2S/c1-13(16,10-17-2)9-14-8-12(15)11-6-4-3-5-7-11/h3-7,12,14-16H,8-10H2,1-2H3. The average molecular weight is 255 g/mol. The number of rotatable bonds is 7. The van der Waals surface area contributed by atoms with Crippen LogP contribution in [0.5, 0.6) is 0 Å². The third-order valence-electron chi connectivity index (χ3n) is 2.48. The molecular weight excluding hydrogens is 234 g/mol. The van der Waals surface area contributed by atoms with Crippen molar-refractivity contribution in [3.05, 3.63) is 35.9 Å². The van der Waals surface area contributed by atoms with Gasteiger partial charge < -0.3 is 15.5 Å². The molecule has 96 valence electrons. The van der Waals surface area contributed by atoms with Crippen LogP contribution in [-0.2, 0) is 0 Å². The van der Waals surface area contributed by atoms with Gasteiger partial charge in [0.25, 0.3) is 0 Å². The van der Waals surface area contributed by atoms with Gasteiger partial charge in [-0.15, -0.1) is 0 Å². The third-order valence-corrected chi connectivity index (χ3v) is 3.39. The lowest BCUT2D eigenvalue weighted by Crippen LogP contribution is -2.41. The van der Waals surface area contributed by atoms with Gasteiger partial charge in [0.2, 0.25) is 0 Å². The number of benzene rings is 1.